The van der Waals surface area contributed by atoms with Gasteiger partial charge in [0.05, 0.1) is 13.1 Å². The van der Waals surface area contributed by atoms with Crippen LogP contribution in [0.4, 0.5) is 0 Å². The number of nitrogens with zero attached hydrogens (tertiary/aromatic N) is 2. The molecule has 0 atom stereocenters. The maximum Gasteiger partial charge on any atom is 0.261 e. The molecule has 2 aromatic heterocycles. The van der Waals surface area contributed by atoms with Gasteiger partial charge in [-0.15, -0.1) is 11.3 Å². The van der Waals surface area contributed by atoms with Crippen LogP contribution in [0.25, 0.3) is 0 Å². The van der Waals surface area contributed by atoms with Gasteiger partial charge < -0.3 is 14.2 Å². The van der Waals surface area contributed by atoms with E-state index in [-0.39, 0.29) is 12.5 Å². The van der Waals surface area contributed by atoms with Crippen molar-refractivity contribution in [3.05, 3.63) is 75.7 Å². The van der Waals surface area contributed by atoms with Crippen molar-refractivity contribution in [2.45, 2.75) is 13.1 Å². The number of hydrogen-bond donors (Lipinski definition) is 0. The molecule has 0 bridgehead atoms. The van der Waals surface area contributed by atoms with E-state index < -0.39 is 0 Å². The van der Waals surface area contributed by atoms with Gasteiger partial charge in [0.1, 0.15) is 5.75 Å². The smallest absolute Gasteiger partial charge is 0.261 e. The Morgan fingerprint density at radius 2 is 1.96 bits per heavy atom. The first-order valence-electron chi connectivity index (χ1n) is 7.90. The van der Waals surface area contributed by atoms with E-state index in [9.17, 15) is 4.79 Å². The summed E-state index contributed by atoms with van der Waals surface area (Å²) in [5.41, 5.74) is 1.08. The molecule has 0 spiro atoms. The fourth-order valence-corrected chi connectivity index (χ4v) is 3.29. The zero-order chi connectivity index (χ0) is 17.6. The fourth-order valence-electron chi connectivity index (χ4n) is 2.45. The van der Waals surface area contributed by atoms with Crippen LogP contribution < -0.4 is 4.74 Å². The Morgan fingerprint density at radius 1 is 1.16 bits per heavy atom. The standard InChI is InChI=1S/C19H19ClN2O2S/c1-21-10-2-4-16(21)12-22(13-18-5-3-11-25-18)19(23)14-24-17-8-6-15(20)7-9-17/h2-11H,12-14H2,1H3. The number of hydrogen-bond acceptors (Lipinski definition) is 3. The van der Waals surface area contributed by atoms with Gasteiger partial charge in [-0.1, -0.05) is 17.7 Å². The summed E-state index contributed by atoms with van der Waals surface area (Å²) < 4.78 is 7.64. The van der Waals surface area contributed by atoms with Gasteiger partial charge in [0, 0.05) is 28.8 Å². The van der Waals surface area contributed by atoms with E-state index >= 15 is 0 Å². The topological polar surface area (TPSA) is 34.5 Å². The van der Waals surface area contributed by atoms with Gasteiger partial charge in [0.2, 0.25) is 0 Å². The average Bonchev–Trinajstić information content (AvgIpc) is 3.26. The lowest BCUT2D eigenvalue weighted by Crippen LogP contribution is -2.34. The summed E-state index contributed by atoms with van der Waals surface area (Å²) in [7, 11) is 1.98. The van der Waals surface area contributed by atoms with Crippen molar-refractivity contribution in [3.8, 4) is 5.75 Å². The molecule has 2 heterocycles. The first-order valence-corrected chi connectivity index (χ1v) is 9.16. The Morgan fingerprint density at radius 3 is 2.60 bits per heavy atom. The number of aryl methyl sites for hydroxylation is 1. The van der Waals surface area contributed by atoms with Gasteiger partial charge in [-0.2, -0.15) is 0 Å². The zero-order valence-corrected chi connectivity index (χ0v) is 15.5. The minimum Gasteiger partial charge on any atom is -0.484 e. The van der Waals surface area contributed by atoms with Gasteiger partial charge in [-0.25, -0.2) is 0 Å². The third kappa shape index (κ3) is 4.87. The summed E-state index contributed by atoms with van der Waals surface area (Å²) in [4.78, 5) is 15.7. The van der Waals surface area contributed by atoms with Gasteiger partial charge in [-0.3, -0.25) is 4.79 Å². The molecule has 1 amide bonds. The Bertz CT molecular complexity index is 812. The van der Waals surface area contributed by atoms with Crippen LogP contribution in [-0.4, -0.2) is 22.0 Å². The molecule has 25 heavy (non-hydrogen) atoms. The maximum absolute atomic E-state index is 12.7. The largest absolute Gasteiger partial charge is 0.484 e. The number of aromatic nitrogens is 1. The van der Waals surface area contributed by atoms with Crippen molar-refractivity contribution < 1.29 is 9.53 Å². The predicted molar refractivity (Wildman–Crippen MR) is 101 cm³/mol. The summed E-state index contributed by atoms with van der Waals surface area (Å²) >= 11 is 7.51. The fraction of sp³-hybridized carbons (Fsp3) is 0.211. The Kier molecular flexibility index (Phi) is 5.79. The van der Waals surface area contributed by atoms with Crippen LogP contribution >= 0.6 is 22.9 Å². The number of rotatable bonds is 7. The van der Waals surface area contributed by atoms with Crippen molar-refractivity contribution in [3.63, 3.8) is 0 Å². The SMILES string of the molecule is Cn1cccc1CN(Cc1cccs1)C(=O)COc1ccc(Cl)cc1. The predicted octanol–water partition coefficient (Wildman–Crippen LogP) is 4.35. The van der Waals surface area contributed by atoms with Crippen LogP contribution in [0.5, 0.6) is 5.75 Å². The number of carbonyl (C=O) groups is 1. The van der Waals surface area contributed by atoms with Crippen LogP contribution in [0, 0.1) is 0 Å². The number of thiophene rings is 1. The Labute approximate surface area is 156 Å². The van der Waals surface area contributed by atoms with Crippen molar-refractivity contribution in [2.24, 2.45) is 7.05 Å². The molecule has 3 aromatic rings. The lowest BCUT2D eigenvalue weighted by Gasteiger charge is -2.22. The minimum atomic E-state index is -0.0513. The van der Waals surface area contributed by atoms with Crippen molar-refractivity contribution >= 4 is 28.8 Å². The summed E-state index contributed by atoms with van der Waals surface area (Å²) in [6.07, 6.45) is 1.98. The highest BCUT2D eigenvalue weighted by Crippen LogP contribution is 2.17. The monoisotopic (exact) mass is 374 g/mol. The summed E-state index contributed by atoms with van der Waals surface area (Å²) in [6.45, 7) is 1.12. The highest BCUT2D eigenvalue weighted by atomic mass is 35.5. The van der Waals surface area contributed by atoms with Crippen molar-refractivity contribution in [2.75, 3.05) is 6.61 Å². The third-order valence-corrected chi connectivity index (χ3v) is 4.97. The average molecular weight is 375 g/mol. The molecule has 1 aromatic carbocycles. The second-order valence-electron chi connectivity index (χ2n) is 5.68. The molecule has 0 aliphatic rings. The molecule has 0 fully saturated rings. The van der Waals surface area contributed by atoms with E-state index in [0.717, 1.165) is 10.6 Å². The van der Waals surface area contributed by atoms with Crippen LogP contribution in [-0.2, 0) is 24.9 Å². The molecular formula is C19H19ClN2O2S. The molecule has 6 heteroatoms. The number of halogens is 1. The van der Waals surface area contributed by atoms with Gasteiger partial charge in [0.15, 0.2) is 6.61 Å². The van der Waals surface area contributed by atoms with Crippen LogP contribution in [0.1, 0.15) is 10.6 Å². The molecular weight excluding hydrogens is 356 g/mol. The van der Waals surface area contributed by atoms with E-state index in [2.05, 4.69) is 0 Å². The normalized spacial score (nSPS) is 10.6. The highest BCUT2D eigenvalue weighted by Gasteiger charge is 2.17. The van der Waals surface area contributed by atoms with Crippen LogP contribution in [0.3, 0.4) is 0 Å². The lowest BCUT2D eigenvalue weighted by atomic mass is 10.3. The molecule has 0 radical (unpaired) electrons. The Balaban J connectivity index is 1.67. The maximum atomic E-state index is 12.7. The summed E-state index contributed by atoms with van der Waals surface area (Å²) in [6, 6.07) is 15.0. The lowest BCUT2D eigenvalue weighted by molar-refractivity contribution is -0.134. The highest BCUT2D eigenvalue weighted by molar-refractivity contribution is 7.09. The first kappa shape index (κ1) is 17.6. The van der Waals surface area contributed by atoms with Gasteiger partial charge in [-0.05, 0) is 47.8 Å². The summed E-state index contributed by atoms with van der Waals surface area (Å²) in [5.74, 6) is 0.581. The molecule has 0 unspecified atom stereocenters. The Hall–Kier alpha value is -2.24. The molecule has 4 nitrogen and oxygen atoms in total. The van der Waals surface area contributed by atoms with E-state index in [1.165, 1.54) is 0 Å². The zero-order valence-electron chi connectivity index (χ0n) is 13.9. The van der Waals surface area contributed by atoms with Gasteiger partial charge >= 0.3 is 0 Å². The second-order valence-corrected chi connectivity index (χ2v) is 7.15. The molecule has 0 saturated heterocycles. The van der Waals surface area contributed by atoms with E-state index in [1.807, 2.05) is 52.4 Å². The number of amides is 1. The minimum absolute atomic E-state index is 0.00255. The van der Waals surface area contributed by atoms with Crippen molar-refractivity contribution in [1.29, 1.82) is 0 Å². The van der Waals surface area contributed by atoms with Gasteiger partial charge in [0.25, 0.3) is 5.91 Å². The first-order chi connectivity index (χ1) is 12.1. The molecule has 0 N–H and O–H groups in total. The van der Waals surface area contributed by atoms with Crippen LogP contribution in [0.2, 0.25) is 5.02 Å². The molecule has 130 valence electrons. The summed E-state index contributed by atoms with van der Waals surface area (Å²) in [5, 5.41) is 2.66. The van der Waals surface area contributed by atoms with E-state index in [4.69, 9.17) is 16.3 Å². The number of ether oxygens (including phenoxy) is 1. The molecule has 0 aliphatic heterocycles. The number of benzene rings is 1. The second kappa shape index (κ2) is 8.23. The molecule has 0 saturated carbocycles. The van der Waals surface area contributed by atoms with Crippen molar-refractivity contribution in [1.82, 2.24) is 9.47 Å². The van der Waals surface area contributed by atoms with Crippen LogP contribution in [0.15, 0.2) is 60.1 Å². The molecule has 3 rings (SSSR count). The number of carbonyl (C=O) groups excluding carboxylic acids is 1. The molecule has 0 aliphatic carbocycles. The third-order valence-electron chi connectivity index (χ3n) is 3.86. The van der Waals surface area contributed by atoms with E-state index in [1.54, 1.807) is 35.6 Å². The van der Waals surface area contributed by atoms with E-state index in [0.29, 0.717) is 23.9 Å². The quantitative estimate of drug-likeness (QED) is 0.616.